The molecule has 0 saturated heterocycles. The minimum atomic E-state index is -0.434. The number of likely N-dealkylation sites (N-methyl/N-ethyl adjacent to an activating group) is 1. The summed E-state index contributed by atoms with van der Waals surface area (Å²) in [5.41, 5.74) is -0.638. The molecule has 2 nitrogen and oxygen atoms in total. The van der Waals surface area contributed by atoms with Gasteiger partial charge in [-0.1, -0.05) is 37.1 Å². The minimum Gasteiger partial charge on any atom is -0.307 e. The van der Waals surface area contributed by atoms with E-state index in [9.17, 15) is 4.79 Å². The zero-order valence-corrected chi connectivity index (χ0v) is 11.3. The van der Waals surface area contributed by atoms with Gasteiger partial charge in [0.1, 0.15) is 0 Å². The molecule has 0 amide bonds. The van der Waals surface area contributed by atoms with Crippen LogP contribution in [0.5, 0.6) is 0 Å². The molecule has 0 aliphatic heterocycles. The molecule has 2 atom stereocenters. The van der Waals surface area contributed by atoms with Crippen molar-refractivity contribution in [2.24, 2.45) is 5.41 Å². The van der Waals surface area contributed by atoms with E-state index in [1.165, 1.54) is 0 Å². The van der Waals surface area contributed by atoms with Crippen molar-refractivity contribution in [1.29, 1.82) is 0 Å². The molecule has 0 aromatic carbocycles. The number of hydrogen-bond donors (Lipinski definition) is 1. The molecule has 1 saturated carbocycles. The van der Waals surface area contributed by atoms with E-state index in [4.69, 9.17) is 11.6 Å². The first-order valence-corrected chi connectivity index (χ1v) is 6.69. The van der Waals surface area contributed by atoms with Crippen molar-refractivity contribution < 1.29 is 4.79 Å². The van der Waals surface area contributed by atoms with E-state index in [0.29, 0.717) is 12.2 Å². The van der Waals surface area contributed by atoms with Gasteiger partial charge in [0.15, 0.2) is 5.78 Å². The van der Waals surface area contributed by atoms with Gasteiger partial charge in [0.05, 0.1) is 5.54 Å². The van der Waals surface area contributed by atoms with E-state index in [-0.39, 0.29) is 5.41 Å². The number of halogens is 1. The highest BCUT2D eigenvalue weighted by Crippen LogP contribution is 2.46. The molecule has 17 heavy (non-hydrogen) atoms. The molecule has 2 aliphatic rings. The topological polar surface area (TPSA) is 29.1 Å². The fourth-order valence-corrected chi connectivity index (χ4v) is 3.64. The number of allylic oxidation sites excluding steroid dienone is 3. The van der Waals surface area contributed by atoms with E-state index in [1.54, 1.807) is 0 Å². The number of rotatable bonds is 2. The molecular formula is C14H20ClNO. The van der Waals surface area contributed by atoms with Gasteiger partial charge in [0.2, 0.25) is 0 Å². The van der Waals surface area contributed by atoms with Crippen LogP contribution in [0.2, 0.25) is 0 Å². The Morgan fingerprint density at radius 3 is 2.76 bits per heavy atom. The quantitative estimate of drug-likeness (QED) is 0.819. The monoisotopic (exact) mass is 253 g/mol. The summed E-state index contributed by atoms with van der Waals surface area (Å²) in [5, 5.41) is 4.05. The van der Waals surface area contributed by atoms with Gasteiger partial charge in [-0.2, -0.15) is 0 Å². The van der Waals surface area contributed by atoms with Crippen molar-refractivity contribution in [3.8, 4) is 0 Å². The number of Topliss-reactive ketones (excluding diaryl/α,β-unsaturated/α-hetero) is 1. The summed E-state index contributed by atoms with van der Waals surface area (Å²) < 4.78 is 0. The molecule has 0 aromatic heterocycles. The molecule has 0 spiro atoms. The lowest BCUT2D eigenvalue weighted by Gasteiger charge is -2.48. The van der Waals surface area contributed by atoms with Gasteiger partial charge in [-0.15, -0.1) is 0 Å². The van der Waals surface area contributed by atoms with Crippen LogP contribution in [0.1, 0.15) is 39.0 Å². The minimum absolute atomic E-state index is 0.203. The van der Waals surface area contributed by atoms with Gasteiger partial charge in [0, 0.05) is 16.9 Å². The highest BCUT2D eigenvalue weighted by molar-refractivity contribution is 6.31. The molecule has 0 radical (unpaired) electrons. The maximum Gasteiger partial charge on any atom is 0.153 e. The van der Waals surface area contributed by atoms with Crippen molar-refractivity contribution in [3.05, 3.63) is 23.3 Å². The van der Waals surface area contributed by atoms with Crippen LogP contribution in [0.15, 0.2) is 23.3 Å². The van der Waals surface area contributed by atoms with Gasteiger partial charge in [0.25, 0.3) is 0 Å². The van der Waals surface area contributed by atoms with Crippen LogP contribution in [-0.4, -0.2) is 18.4 Å². The Morgan fingerprint density at radius 2 is 2.18 bits per heavy atom. The highest BCUT2D eigenvalue weighted by atomic mass is 35.5. The zero-order valence-electron chi connectivity index (χ0n) is 10.6. The van der Waals surface area contributed by atoms with Crippen molar-refractivity contribution in [1.82, 2.24) is 5.32 Å². The van der Waals surface area contributed by atoms with Gasteiger partial charge >= 0.3 is 0 Å². The summed E-state index contributed by atoms with van der Waals surface area (Å²) in [6.07, 6.45) is 10.6. The van der Waals surface area contributed by atoms with Crippen molar-refractivity contribution in [2.75, 3.05) is 7.05 Å². The Kier molecular flexibility index (Phi) is 3.46. The smallest absolute Gasteiger partial charge is 0.153 e. The summed E-state index contributed by atoms with van der Waals surface area (Å²) in [4.78, 5) is 12.4. The molecule has 2 aliphatic carbocycles. The van der Waals surface area contributed by atoms with Crippen LogP contribution < -0.4 is 5.32 Å². The fraction of sp³-hybridized carbons (Fsp3) is 0.643. The zero-order chi connectivity index (χ0) is 12.5. The van der Waals surface area contributed by atoms with Crippen LogP contribution in [0, 0.1) is 5.41 Å². The summed E-state index contributed by atoms with van der Waals surface area (Å²) in [6, 6.07) is 0. The molecule has 1 unspecified atom stereocenters. The Labute approximate surface area is 108 Å². The predicted octanol–water partition coefficient (Wildman–Crippen LogP) is 3.18. The maximum absolute atomic E-state index is 12.4. The molecular weight excluding hydrogens is 234 g/mol. The first-order valence-electron chi connectivity index (χ1n) is 6.31. The summed E-state index contributed by atoms with van der Waals surface area (Å²) >= 11 is 6.12. The molecule has 0 bridgehead atoms. The maximum atomic E-state index is 12.4. The molecule has 1 fully saturated rings. The van der Waals surface area contributed by atoms with Gasteiger partial charge in [-0.3, -0.25) is 4.79 Å². The van der Waals surface area contributed by atoms with Crippen LogP contribution in [0.3, 0.4) is 0 Å². The third-order valence-electron chi connectivity index (χ3n) is 4.36. The van der Waals surface area contributed by atoms with Crippen LogP contribution in [0.4, 0.5) is 0 Å². The second-order valence-electron chi connectivity index (χ2n) is 5.34. The van der Waals surface area contributed by atoms with E-state index < -0.39 is 5.54 Å². The van der Waals surface area contributed by atoms with Crippen molar-refractivity contribution in [3.63, 3.8) is 0 Å². The summed E-state index contributed by atoms with van der Waals surface area (Å²) in [5.74, 6) is 0.338. The molecule has 2 rings (SSSR count). The Bertz CT molecular complexity index is 388. The second kappa shape index (κ2) is 4.58. The Morgan fingerprint density at radius 1 is 1.41 bits per heavy atom. The average molecular weight is 254 g/mol. The van der Waals surface area contributed by atoms with E-state index in [1.807, 2.05) is 19.2 Å². The van der Waals surface area contributed by atoms with Crippen molar-refractivity contribution >= 4 is 17.4 Å². The van der Waals surface area contributed by atoms with Crippen molar-refractivity contribution in [2.45, 2.75) is 44.6 Å². The molecule has 1 N–H and O–H groups in total. The molecule has 3 heteroatoms. The second-order valence-corrected chi connectivity index (χ2v) is 5.78. The SMILES string of the molecule is CN[C@]1(C2(C)C=C(Cl)C=CC2)CCCCC1=O. The van der Waals surface area contributed by atoms with E-state index in [2.05, 4.69) is 18.3 Å². The Balaban J connectivity index is 2.40. The number of carbonyl (C=O) groups excluding carboxylic acids is 1. The summed E-state index contributed by atoms with van der Waals surface area (Å²) in [7, 11) is 1.90. The van der Waals surface area contributed by atoms with E-state index in [0.717, 1.165) is 30.7 Å². The fourth-order valence-electron chi connectivity index (χ4n) is 3.31. The lowest BCUT2D eigenvalue weighted by molar-refractivity contribution is -0.131. The first-order chi connectivity index (χ1) is 8.04. The van der Waals surface area contributed by atoms with Crippen LogP contribution in [-0.2, 0) is 4.79 Å². The van der Waals surface area contributed by atoms with Gasteiger partial charge < -0.3 is 5.32 Å². The largest absolute Gasteiger partial charge is 0.307 e. The summed E-state index contributed by atoms with van der Waals surface area (Å²) in [6.45, 7) is 2.14. The highest BCUT2D eigenvalue weighted by Gasteiger charge is 2.51. The lowest BCUT2D eigenvalue weighted by atomic mass is 9.60. The number of nitrogens with one attached hydrogen (secondary N) is 1. The normalized spacial score (nSPS) is 38.1. The van der Waals surface area contributed by atoms with Crippen LogP contribution >= 0.6 is 11.6 Å². The number of ketones is 1. The number of carbonyl (C=O) groups is 1. The number of hydrogen-bond acceptors (Lipinski definition) is 2. The van der Waals surface area contributed by atoms with Gasteiger partial charge in [-0.25, -0.2) is 0 Å². The lowest BCUT2D eigenvalue weighted by Crippen LogP contribution is -2.62. The third-order valence-corrected chi connectivity index (χ3v) is 4.59. The van der Waals surface area contributed by atoms with Gasteiger partial charge in [-0.05, 0) is 32.4 Å². The average Bonchev–Trinajstić information content (AvgIpc) is 2.29. The predicted molar refractivity (Wildman–Crippen MR) is 71.1 cm³/mol. The Hall–Kier alpha value is -0.600. The van der Waals surface area contributed by atoms with Crippen LogP contribution in [0.25, 0.3) is 0 Å². The first kappa shape index (κ1) is 12.8. The molecule has 0 heterocycles. The molecule has 0 aromatic rings. The third kappa shape index (κ3) is 1.98. The van der Waals surface area contributed by atoms with E-state index >= 15 is 0 Å². The standard InChI is InChI=1S/C14H20ClNO/c1-13(8-5-6-11(15)10-13)14(16-2)9-4-3-7-12(14)17/h5-6,10,16H,3-4,7-9H2,1-2H3/t13?,14-/m1/s1. The molecule has 94 valence electrons.